The number of pyridine rings is 1. The summed E-state index contributed by atoms with van der Waals surface area (Å²) < 4.78 is 11.2. The van der Waals surface area contributed by atoms with Crippen LogP contribution in [0.2, 0.25) is 5.15 Å². The molecule has 0 saturated heterocycles. The van der Waals surface area contributed by atoms with Crippen molar-refractivity contribution >= 4 is 11.6 Å². The summed E-state index contributed by atoms with van der Waals surface area (Å²) in [7, 11) is 1.62. The van der Waals surface area contributed by atoms with Crippen molar-refractivity contribution in [3.63, 3.8) is 0 Å². The second-order valence-electron chi connectivity index (χ2n) is 5.43. The van der Waals surface area contributed by atoms with E-state index in [1.807, 2.05) is 31.2 Å². The molecule has 1 unspecified atom stereocenters. The second-order valence-corrected chi connectivity index (χ2v) is 5.82. The van der Waals surface area contributed by atoms with Gasteiger partial charge < -0.3 is 32.3 Å². The van der Waals surface area contributed by atoms with Crippen LogP contribution < -0.4 is 27.2 Å². The van der Waals surface area contributed by atoms with Crippen molar-refractivity contribution in [2.45, 2.75) is 32.5 Å². The highest BCUT2D eigenvalue weighted by atomic mass is 35.5. The van der Waals surface area contributed by atoms with E-state index in [9.17, 15) is 5.11 Å². The lowest BCUT2D eigenvalue weighted by atomic mass is 10.1. The molecule has 0 amide bonds. The molecule has 0 radical (unpaired) electrons. The molecule has 0 saturated carbocycles. The fourth-order valence-corrected chi connectivity index (χ4v) is 2.31. The van der Waals surface area contributed by atoms with Gasteiger partial charge in [0.25, 0.3) is 0 Å². The van der Waals surface area contributed by atoms with E-state index in [-0.39, 0.29) is 25.1 Å². The van der Waals surface area contributed by atoms with Gasteiger partial charge >= 0.3 is 0 Å². The van der Waals surface area contributed by atoms with Crippen LogP contribution in [-0.4, -0.2) is 29.8 Å². The minimum Gasteiger partial charge on any atom is -1.00 e. The maximum Gasteiger partial charge on any atom is 0.161 e. The average Bonchev–Trinajstić information content (AvgIpc) is 2.62. The zero-order valence-corrected chi connectivity index (χ0v) is 15.8. The highest BCUT2D eigenvalue weighted by molar-refractivity contribution is 6.29. The van der Waals surface area contributed by atoms with Gasteiger partial charge in [-0.15, -0.1) is 0 Å². The van der Waals surface area contributed by atoms with Gasteiger partial charge in [0.15, 0.2) is 11.5 Å². The number of nitrogens with one attached hydrogen (secondary N) is 1. The molecule has 25 heavy (non-hydrogen) atoms. The predicted octanol–water partition coefficient (Wildman–Crippen LogP) is 0.187. The molecule has 2 aromatic rings. The largest absolute Gasteiger partial charge is 1.00 e. The average molecular weight is 386 g/mol. The third kappa shape index (κ3) is 6.71. The fourth-order valence-electron chi connectivity index (χ4n) is 2.19. The number of halogens is 2. The smallest absolute Gasteiger partial charge is 0.161 e. The third-order valence-electron chi connectivity index (χ3n) is 3.72. The summed E-state index contributed by atoms with van der Waals surface area (Å²) in [4.78, 5) is 4.03. The number of aliphatic hydroxyl groups is 1. The standard InChI is InChI=1S/C18H23ClN2O3.ClH/c1-3-15(11-22)20-9-13-4-6-16(17(8-13)23-2)24-12-14-5-7-18(19)21-10-14;/h4-8,10,15,20,22H,3,9,11-12H2,1-2H3;1H/p-1. The van der Waals surface area contributed by atoms with Gasteiger partial charge in [0.1, 0.15) is 11.8 Å². The van der Waals surface area contributed by atoms with Gasteiger partial charge in [-0.2, -0.15) is 0 Å². The summed E-state index contributed by atoms with van der Waals surface area (Å²) in [6.45, 7) is 3.22. The minimum atomic E-state index is 0. The Bertz CT molecular complexity index is 635. The lowest BCUT2D eigenvalue weighted by Gasteiger charge is -2.16. The molecule has 1 atom stereocenters. The Labute approximate surface area is 159 Å². The van der Waals surface area contributed by atoms with E-state index in [4.69, 9.17) is 21.1 Å². The number of hydrogen-bond acceptors (Lipinski definition) is 5. The zero-order valence-electron chi connectivity index (χ0n) is 14.3. The molecule has 1 aromatic heterocycles. The van der Waals surface area contributed by atoms with Crippen molar-refractivity contribution in [1.82, 2.24) is 10.3 Å². The lowest BCUT2D eigenvalue weighted by molar-refractivity contribution is -0.00000653. The zero-order chi connectivity index (χ0) is 17.4. The Balaban J connectivity index is 0.00000312. The number of nitrogens with zero attached hydrogens (tertiary/aromatic N) is 1. The van der Waals surface area contributed by atoms with Crippen LogP contribution in [0.1, 0.15) is 24.5 Å². The fraction of sp³-hybridized carbons (Fsp3) is 0.389. The first kappa shape index (κ1) is 21.5. The van der Waals surface area contributed by atoms with Crippen LogP contribution in [0.25, 0.3) is 0 Å². The van der Waals surface area contributed by atoms with E-state index in [0.29, 0.717) is 29.8 Å². The maximum atomic E-state index is 9.22. The minimum absolute atomic E-state index is 0. The van der Waals surface area contributed by atoms with Crippen LogP contribution in [0.15, 0.2) is 36.5 Å². The van der Waals surface area contributed by atoms with E-state index < -0.39 is 0 Å². The first-order valence-corrected chi connectivity index (χ1v) is 8.28. The molecule has 2 rings (SSSR count). The molecular weight excluding hydrogens is 363 g/mol. The normalized spacial score (nSPS) is 11.5. The van der Waals surface area contributed by atoms with Crippen molar-refractivity contribution in [2.24, 2.45) is 0 Å². The molecule has 0 aliphatic rings. The summed E-state index contributed by atoms with van der Waals surface area (Å²) in [6.07, 6.45) is 2.57. The summed E-state index contributed by atoms with van der Waals surface area (Å²) in [5, 5.41) is 13.0. The van der Waals surface area contributed by atoms with Gasteiger partial charge in [-0.3, -0.25) is 0 Å². The van der Waals surface area contributed by atoms with Crippen molar-refractivity contribution in [3.8, 4) is 11.5 Å². The summed E-state index contributed by atoms with van der Waals surface area (Å²) in [5.74, 6) is 1.35. The van der Waals surface area contributed by atoms with Crippen molar-refractivity contribution < 1.29 is 27.0 Å². The summed E-state index contributed by atoms with van der Waals surface area (Å²) in [6, 6.07) is 9.52. The van der Waals surface area contributed by atoms with Gasteiger partial charge in [0, 0.05) is 24.3 Å². The number of hydrogen-bond donors (Lipinski definition) is 2. The Morgan fingerprint density at radius 1 is 1.20 bits per heavy atom. The first-order valence-electron chi connectivity index (χ1n) is 7.90. The summed E-state index contributed by atoms with van der Waals surface area (Å²) in [5.41, 5.74) is 2.00. The highest BCUT2D eigenvalue weighted by Crippen LogP contribution is 2.29. The molecule has 0 bridgehead atoms. The molecule has 1 heterocycles. The van der Waals surface area contributed by atoms with Crippen molar-refractivity contribution in [2.75, 3.05) is 13.7 Å². The van der Waals surface area contributed by atoms with Crippen LogP contribution in [0, 0.1) is 0 Å². The van der Waals surface area contributed by atoms with Crippen LogP contribution in [-0.2, 0) is 13.2 Å². The second kappa shape index (κ2) is 11.2. The SMILES string of the molecule is CCC(CO)NCc1ccc(OCc2ccc(Cl)nc2)c(OC)c1.[Cl-]. The van der Waals surface area contributed by atoms with Gasteiger partial charge in [0.2, 0.25) is 0 Å². The number of ether oxygens (including phenoxy) is 2. The molecule has 1 aromatic carbocycles. The number of methoxy groups -OCH3 is 1. The van der Waals surface area contributed by atoms with Crippen LogP contribution >= 0.6 is 11.6 Å². The molecule has 0 aliphatic carbocycles. The molecule has 0 spiro atoms. The van der Waals surface area contributed by atoms with Gasteiger partial charge in [0.05, 0.1) is 13.7 Å². The van der Waals surface area contributed by atoms with Crippen LogP contribution in [0.3, 0.4) is 0 Å². The van der Waals surface area contributed by atoms with Gasteiger partial charge in [-0.1, -0.05) is 30.7 Å². The summed E-state index contributed by atoms with van der Waals surface area (Å²) >= 11 is 5.77. The predicted molar refractivity (Wildman–Crippen MR) is 94.6 cm³/mol. The number of benzene rings is 1. The topological polar surface area (TPSA) is 63.6 Å². The number of aliphatic hydroxyl groups excluding tert-OH is 1. The number of rotatable bonds is 9. The van der Waals surface area contributed by atoms with E-state index >= 15 is 0 Å². The van der Waals surface area contributed by atoms with Crippen molar-refractivity contribution in [3.05, 3.63) is 52.8 Å². The van der Waals surface area contributed by atoms with E-state index in [1.165, 1.54) is 0 Å². The lowest BCUT2D eigenvalue weighted by Crippen LogP contribution is -3.00. The van der Waals surface area contributed by atoms with Crippen molar-refractivity contribution in [1.29, 1.82) is 0 Å². The highest BCUT2D eigenvalue weighted by Gasteiger charge is 2.08. The molecular formula is C18H23Cl2N2O3-. The molecule has 7 heteroatoms. The molecule has 0 fully saturated rings. The van der Waals surface area contributed by atoms with E-state index in [2.05, 4.69) is 10.3 Å². The van der Waals surface area contributed by atoms with Crippen LogP contribution in [0.5, 0.6) is 11.5 Å². The molecule has 5 nitrogen and oxygen atoms in total. The number of aromatic nitrogens is 1. The van der Waals surface area contributed by atoms with Gasteiger partial charge in [-0.05, 0) is 30.2 Å². The quantitative estimate of drug-likeness (QED) is 0.603. The van der Waals surface area contributed by atoms with E-state index in [1.54, 1.807) is 19.4 Å². The van der Waals surface area contributed by atoms with E-state index in [0.717, 1.165) is 17.5 Å². The Hall–Kier alpha value is -1.53. The van der Waals surface area contributed by atoms with Gasteiger partial charge in [-0.25, -0.2) is 4.98 Å². The van der Waals surface area contributed by atoms with Crippen LogP contribution in [0.4, 0.5) is 0 Å². The Morgan fingerprint density at radius 3 is 2.56 bits per heavy atom. The Morgan fingerprint density at radius 2 is 1.96 bits per heavy atom. The first-order chi connectivity index (χ1) is 11.7. The third-order valence-corrected chi connectivity index (χ3v) is 3.94. The monoisotopic (exact) mass is 385 g/mol. The maximum absolute atomic E-state index is 9.22. The Kier molecular flexibility index (Phi) is 9.60. The molecule has 2 N–H and O–H groups in total. The molecule has 138 valence electrons. The molecule has 0 aliphatic heterocycles.